The lowest BCUT2D eigenvalue weighted by Crippen LogP contribution is -2.25. The average Bonchev–Trinajstić information content (AvgIpc) is 2.42. The highest BCUT2D eigenvalue weighted by atomic mass is 35.5. The summed E-state index contributed by atoms with van der Waals surface area (Å²) in [4.78, 5) is 27.2. The van der Waals surface area contributed by atoms with Gasteiger partial charge in [-0.25, -0.2) is 18.2 Å². The molecular weight excluding hydrogens is 316 g/mol. The Labute approximate surface area is 125 Å². The summed E-state index contributed by atoms with van der Waals surface area (Å²) in [7, 11) is -3.31. The number of Topliss-reactive ketones (excluding diaryl/α,β-unsaturated/α-hetero) is 1. The summed E-state index contributed by atoms with van der Waals surface area (Å²) >= 11 is 5.72. The predicted molar refractivity (Wildman–Crippen MR) is 77.4 cm³/mol. The molecule has 0 spiro atoms. The van der Waals surface area contributed by atoms with Gasteiger partial charge in [0.05, 0.1) is 22.7 Å². The van der Waals surface area contributed by atoms with Crippen molar-refractivity contribution < 1.29 is 13.2 Å². The molecule has 0 aliphatic rings. The number of rotatable bonds is 4. The monoisotopic (exact) mass is 326 g/mol. The number of carbonyl (C=O) groups excluding carboxylic acids is 1. The molecule has 0 amide bonds. The molecule has 0 atom stereocenters. The van der Waals surface area contributed by atoms with E-state index in [1.54, 1.807) is 0 Å². The van der Waals surface area contributed by atoms with E-state index < -0.39 is 15.5 Å². The van der Waals surface area contributed by atoms with E-state index in [9.17, 15) is 18.0 Å². The topological polar surface area (TPSA) is 86.1 Å². The number of hydrogen-bond acceptors (Lipinski definition) is 5. The van der Waals surface area contributed by atoms with Gasteiger partial charge >= 0.3 is 5.69 Å². The molecule has 110 valence electrons. The molecular formula is C13H11ClN2O4S. The first kappa shape index (κ1) is 15.4. The average molecular weight is 327 g/mol. The van der Waals surface area contributed by atoms with Gasteiger partial charge in [0.1, 0.15) is 0 Å². The van der Waals surface area contributed by atoms with Gasteiger partial charge < -0.3 is 0 Å². The van der Waals surface area contributed by atoms with Crippen LogP contribution in [0.15, 0.2) is 46.3 Å². The molecule has 8 heteroatoms. The van der Waals surface area contributed by atoms with Crippen molar-refractivity contribution >= 4 is 27.2 Å². The molecule has 6 nitrogen and oxygen atoms in total. The van der Waals surface area contributed by atoms with Crippen molar-refractivity contribution in [2.75, 3.05) is 6.26 Å². The lowest BCUT2D eigenvalue weighted by atomic mass is 10.1. The molecule has 2 rings (SSSR count). The number of sulfone groups is 1. The zero-order chi connectivity index (χ0) is 15.6. The smallest absolute Gasteiger partial charge is 0.292 e. The van der Waals surface area contributed by atoms with Crippen LogP contribution < -0.4 is 5.69 Å². The number of hydrogen-bond donors (Lipinski definition) is 0. The Morgan fingerprint density at radius 2 is 1.90 bits per heavy atom. The Morgan fingerprint density at radius 1 is 1.29 bits per heavy atom. The fourth-order valence-electron chi connectivity index (χ4n) is 1.68. The van der Waals surface area contributed by atoms with E-state index in [0.29, 0.717) is 5.56 Å². The SMILES string of the molecule is CS(=O)(=O)c1ccc(C(=O)Cn2cc(Cl)cnc2=O)cc1. The van der Waals surface area contributed by atoms with Crippen molar-refractivity contribution in [1.29, 1.82) is 0 Å². The van der Waals surface area contributed by atoms with Crippen LogP contribution in [-0.2, 0) is 16.4 Å². The molecule has 21 heavy (non-hydrogen) atoms. The number of nitrogens with zero attached hydrogens (tertiary/aromatic N) is 2. The van der Waals surface area contributed by atoms with Crippen LogP contribution in [0.3, 0.4) is 0 Å². The molecule has 1 aromatic heterocycles. The van der Waals surface area contributed by atoms with E-state index >= 15 is 0 Å². The van der Waals surface area contributed by atoms with Gasteiger partial charge in [-0.15, -0.1) is 0 Å². The molecule has 0 saturated carbocycles. The molecule has 0 bridgehead atoms. The maximum Gasteiger partial charge on any atom is 0.348 e. The summed E-state index contributed by atoms with van der Waals surface area (Å²) in [6.45, 7) is -0.218. The van der Waals surface area contributed by atoms with E-state index in [1.807, 2.05) is 0 Å². The highest BCUT2D eigenvalue weighted by molar-refractivity contribution is 7.90. The first-order valence-corrected chi connectivity index (χ1v) is 8.09. The van der Waals surface area contributed by atoms with Crippen LogP contribution in [0.4, 0.5) is 0 Å². The van der Waals surface area contributed by atoms with Crippen molar-refractivity contribution in [2.45, 2.75) is 11.4 Å². The van der Waals surface area contributed by atoms with Gasteiger partial charge in [-0.2, -0.15) is 0 Å². The molecule has 0 saturated heterocycles. The molecule has 0 unspecified atom stereocenters. The van der Waals surface area contributed by atoms with Crippen LogP contribution in [0.1, 0.15) is 10.4 Å². The van der Waals surface area contributed by atoms with Crippen LogP contribution in [0.5, 0.6) is 0 Å². The third-order valence-corrected chi connectivity index (χ3v) is 4.07. The van der Waals surface area contributed by atoms with Gasteiger partial charge in [0.2, 0.25) is 0 Å². The lowest BCUT2D eigenvalue weighted by Gasteiger charge is -2.05. The Bertz CT molecular complexity index is 841. The quantitative estimate of drug-likeness (QED) is 0.788. The second-order valence-electron chi connectivity index (χ2n) is 4.40. The zero-order valence-corrected chi connectivity index (χ0v) is 12.6. The summed E-state index contributed by atoms with van der Waals surface area (Å²) in [6, 6.07) is 5.51. The van der Waals surface area contributed by atoms with Crippen LogP contribution in [-0.4, -0.2) is 30.0 Å². The Balaban J connectivity index is 2.25. The van der Waals surface area contributed by atoms with Crippen molar-refractivity contribution in [3.63, 3.8) is 0 Å². The van der Waals surface area contributed by atoms with E-state index in [0.717, 1.165) is 10.8 Å². The first-order valence-electron chi connectivity index (χ1n) is 5.83. The number of carbonyl (C=O) groups is 1. The second kappa shape index (κ2) is 5.79. The standard InChI is InChI=1S/C13H11ClN2O4S/c1-21(19,20)11-4-2-9(3-5-11)12(17)8-16-7-10(14)6-15-13(16)18/h2-7H,8H2,1H3. The van der Waals surface area contributed by atoms with Crippen LogP contribution >= 0.6 is 11.6 Å². The third kappa shape index (κ3) is 3.77. The van der Waals surface area contributed by atoms with Gasteiger partial charge in [0.25, 0.3) is 0 Å². The molecule has 0 radical (unpaired) electrons. The molecule has 2 aromatic rings. The van der Waals surface area contributed by atoms with Crippen molar-refractivity contribution in [2.24, 2.45) is 0 Å². The number of ketones is 1. The minimum atomic E-state index is -3.31. The number of halogens is 1. The minimum absolute atomic E-state index is 0.126. The summed E-state index contributed by atoms with van der Waals surface area (Å²) in [5.41, 5.74) is -0.283. The lowest BCUT2D eigenvalue weighted by molar-refractivity contribution is 0.0970. The fraction of sp³-hybridized carbons (Fsp3) is 0.154. The highest BCUT2D eigenvalue weighted by Crippen LogP contribution is 2.11. The van der Waals surface area contributed by atoms with Gasteiger partial charge in [-0.3, -0.25) is 9.36 Å². The maximum absolute atomic E-state index is 12.1. The van der Waals surface area contributed by atoms with E-state index in [2.05, 4.69) is 4.98 Å². The van der Waals surface area contributed by atoms with Gasteiger partial charge in [0, 0.05) is 18.0 Å². The maximum atomic E-state index is 12.1. The molecule has 0 aliphatic heterocycles. The Morgan fingerprint density at radius 3 is 2.48 bits per heavy atom. The summed E-state index contributed by atoms with van der Waals surface area (Å²) < 4.78 is 23.8. The van der Waals surface area contributed by atoms with Crippen LogP contribution in [0.25, 0.3) is 0 Å². The van der Waals surface area contributed by atoms with Gasteiger partial charge in [0.15, 0.2) is 15.6 Å². The van der Waals surface area contributed by atoms with Crippen LogP contribution in [0.2, 0.25) is 5.02 Å². The molecule has 1 heterocycles. The fourth-order valence-corrected chi connectivity index (χ4v) is 2.47. The largest absolute Gasteiger partial charge is 0.348 e. The third-order valence-electron chi connectivity index (χ3n) is 2.74. The molecule has 0 aliphatic carbocycles. The second-order valence-corrected chi connectivity index (χ2v) is 6.85. The normalized spacial score (nSPS) is 11.3. The van der Waals surface area contributed by atoms with Gasteiger partial charge in [-0.1, -0.05) is 23.7 Å². The van der Waals surface area contributed by atoms with Crippen molar-refractivity contribution in [3.05, 3.63) is 57.7 Å². The van der Waals surface area contributed by atoms with Crippen molar-refractivity contribution in [3.8, 4) is 0 Å². The zero-order valence-electron chi connectivity index (χ0n) is 11.0. The van der Waals surface area contributed by atoms with Crippen LogP contribution in [0, 0.1) is 0 Å². The Hall–Kier alpha value is -1.99. The van der Waals surface area contributed by atoms with E-state index in [4.69, 9.17) is 11.6 Å². The van der Waals surface area contributed by atoms with E-state index in [-0.39, 0.29) is 22.2 Å². The summed E-state index contributed by atoms with van der Waals surface area (Å²) in [5.74, 6) is -0.346. The van der Waals surface area contributed by atoms with Gasteiger partial charge in [-0.05, 0) is 12.1 Å². The molecule has 1 aromatic carbocycles. The molecule has 0 N–H and O–H groups in total. The Kier molecular flexibility index (Phi) is 4.24. The molecule has 0 fully saturated rings. The number of aromatic nitrogens is 2. The summed E-state index contributed by atoms with van der Waals surface area (Å²) in [6.07, 6.45) is 3.60. The van der Waals surface area contributed by atoms with E-state index in [1.165, 1.54) is 36.7 Å². The predicted octanol–water partition coefficient (Wildman–Crippen LogP) is 1.18. The number of benzene rings is 1. The first-order chi connectivity index (χ1) is 9.77. The highest BCUT2D eigenvalue weighted by Gasteiger charge is 2.11. The minimum Gasteiger partial charge on any atom is -0.292 e. The summed E-state index contributed by atoms with van der Waals surface area (Å²) in [5, 5.41) is 0.245. The van der Waals surface area contributed by atoms with Crippen molar-refractivity contribution in [1.82, 2.24) is 9.55 Å².